The van der Waals surface area contributed by atoms with Crippen LogP contribution >= 0.6 is 11.6 Å². The maximum Gasteiger partial charge on any atom is 0.248 e. The van der Waals surface area contributed by atoms with Gasteiger partial charge in [-0.2, -0.15) is 0 Å². The molecule has 0 saturated heterocycles. The van der Waals surface area contributed by atoms with E-state index in [1.54, 1.807) is 30.3 Å². The number of hydrogen-bond donors (Lipinski definition) is 2. The average molecular weight is 333 g/mol. The number of amides is 2. The van der Waals surface area contributed by atoms with Crippen molar-refractivity contribution in [1.82, 2.24) is 0 Å². The molecule has 0 aliphatic rings. The van der Waals surface area contributed by atoms with Crippen molar-refractivity contribution in [2.75, 3.05) is 10.6 Å². The van der Waals surface area contributed by atoms with E-state index in [1.165, 1.54) is 31.2 Å². The van der Waals surface area contributed by atoms with E-state index >= 15 is 0 Å². The first kappa shape index (κ1) is 16.7. The van der Waals surface area contributed by atoms with Crippen LogP contribution in [-0.4, -0.2) is 11.8 Å². The van der Waals surface area contributed by atoms with E-state index in [0.717, 1.165) is 0 Å². The highest BCUT2D eigenvalue weighted by atomic mass is 35.5. The molecule has 4 nitrogen and oxygen atoms in total. The number of carbonyl (C=O) groups is 2. The lowest BCUT2D eigenvalue weighted by Gasteiger charge is -2.10. The van der Waals surface area contributed by atoms with Crippen LogP contribution in [0.15, 0.2) is 48.5 Å². The van der Waals surface area contributed by atoms with Gasteiger partial charge in [0.05, 0.1) is 11.4 Å². The highest BCUT2D eigenvalue weighted by Gasteiger charge is 2.07. The summed E-state index contributed by atoms with van der Waals surface area (Å²) in [5.41, 5.74) is 1.53. The fourth-order valence-electron chi connectivity index (χ4n) is 1.84. The van der Waals surface area contributed by atoms with Gasteiger partial charge in [0.1, 0.15) is 5.82 Å². The van der Waals surface area contributed by atoms with Crippen molar-refractivity contribution in [3.05, 3.63) is 64.9 Å². The Morgan fingerprint density at radius 3 is 2.39 bits per heavy atom. The molecule has 2 amide bonds. The molecule has 0 saturated carbocycles. The summed E-state index contributed by atoms with van der Waals surface area (Å²) in [6.45, 7) is 1.37. The summed E-state index contributed by atoms with van der Waals surface area (Å²) in [4.78, 5) is 23.1. The summed E-state index contributed by atoms with van der Waals surface area (Å²) in [7, 11) is 0. The Morgan fingerprint density at radius 1 is 1.04 bits per heavy atom. The molecule has 118 valence electrons. The molecule has 2 aromatic rings. The van der Waals surface area contributed by atoms with Crippen molar-refractivity contribution in [3.8, 4) is 0 Å². The molecule has 0 atom stereocenters. The lowest BCUT2D eigenvalue weighted by molar-refractivity contribution is -0.114. The number of hydrogen-bond acceptors (Lipinski definition) is 2. The quantitative estimate of drug-likeness (QED) is 0.828. The average Bonchev–Trinajstić information content (AvgIpc) is 2.49. The van der Waals surface area contributed by atoms with Crippen molar-refractivity contribution >= 4 is 40.9 Å². The van der Waals surface area contributed by atoms with Crippen LogP contribution in [0.3, 0.4) is 0 Å². The zero-order valence-corrected chi connectivity index (χ0v) is 13.0. The molecular weight excluding hydrogens is 319 g/mol. The molecule has 0 fully saturated rings. The van der Waals surface area contributed by atoms with E-state index in [0.29, 0.717) is 22.0 Å². The van der Waals surface area contributed by atoms with Crippen LogP contribution in [0, 0.1) is 5.82 Å². The van der Waals surface area contributed by atoms with E-state index in [4.69, 9.17) is 11.6 Å². The zero-order valence-electron chi connectivity index (χ0n) is 12.3. The first-order valence-corrected chi connectivity index (χ1v) is 7.13. The second kappa shape index (κ2) is 7.56. The van der Waals surface area contributed by atoms with Crippen LogP contribution < -0.4 is 10.6 Å². The molecule has 2 N–H and O–H groups in total. The first-order chi connectivity index (χ1) is 10.9. The van der Waals surface area contributed by atoms with Crippen LogP contribution in [0.5, 0.6) is 0 Å². The second-order valence-corrected chi connectivity index (χ2v) is 5.18. The molecule has 0 aromatic heterocycles. The fraction of sp³-hybridized carbons (Fsp3) is 0.0588. The van der Waals surface area contributed by atoms with Crippen LogP contribution in [0.2, 0.25) is 5.02 Å². The largest absolute Gasteiger partial charge is 0.325 e. The Labute approximate surface area is 138 Å². The summed E-state index contributed by atoms with van der Waals surface area (Å²) < 4.78 is 12.8. The first-order valence-electron chi connectivity index (χ1n) is 6.76. The lowest BCUT2D eigenvalue weighted by Crippen LogP contribution is -2.13. The minimum atomic E-state index is -0.400. The van der Waals surface area contributed by atoms with E-state index in [1.807, 2.05) is 0 Å². The Balaban J connectivity index is 2.11. The third-order valence-corrected chi connectivity index (χ3v) is 3.08. The Morgan fingerprint density at radius 2 is 1.74 bits per heavy atom. The van der Waals surface area contributed by atoms with Crippen molar-refractivity contribution in [3.63, 3.8) is 0 Å². The molecule has 6 heteroatoms. The summed E-state index contributed by atoms with van der Waals surface area (Å²) >= 11 is 5.91. The van der Waals surface area contributed by atoms with Gasteiger partial charge in [0.15, 0.2) is 0 Å². The van der Waals surface area contributed by atoms with Crippen LogP contribution in [-0.2, 0) is 9.59 Å². The van der Waals surface area contributed by atoms with E-state index in [-0.39, 0.29) is 11.7 Å². The van der Waals surface area contributed by atoms with Crippen molar-refractivity contribution < 1.29 is 14.0 Å². The number of benzene rings is 2. The molecule has 0 spiro atoms. The minimum absolute atomic E-state index is 0.260. The molecular formula is C17H14ClFN2O2. The lowest BCUT2D eigenvalue weighted by atomic mass is 10.2. The highest BCUT2D eigenvalue weighted by molar-refractivity contribution is 6.31. The van der Waals surface area contributed by atoms with Gasteiger partial charge in [-0.05, 0) is 42.0 Å². The van der Waals surface area contributed by atoms with Crippen molar-refractivity contribution in [2.24, 2.45) is 0 Å². The van der Waals surface area contributed by atoms with Crippen LogP contribution in [0.25, 0.3) is 6.08 Å². The normalized spacial score (nSPS) is 10.6. The van der Waals surface area contributed by atoms with Crippen molar-refractivity contribution in [1.29, 1.82) is 0 Å². The molecule has 0 radical (unpaired) electrons. The van der Waals surface area contributed by atoms with Gasteiger partial charge in [-0.3, -0.25) is 9.59 Å². The zero-order chi connectivity index (χ0) is 16.8. The monoisotopic (exact) mass is 332 g/mol. The number of halogens is 2. The Bertz CT molecular complexity index is 758. The standard InChI is InChI=1S/C17H14ClFN2O2/c1-11(22)20-15-8-5-13(18)10-16(15)21-17(23)9-4-12-2-6-14(19)7-3-12/h2-10H,1H3,(H,20,22)(H,21,23)/b9-4+. The van der Waals surface area contributed by atoms with Crippen LogP contribution in [0.1, 0.15) is 12.5 Å². The molecule has 2 rings (SSSR count). The van der Waals surface area contributed by atoms with Crippen molar-refractivity contribution in [2.45, 2.75) is 6.92 Å². The summed E-state index contributed by atoms with van der Waals surface area (Å²) in [6, 6.07) is 10.5. The number of nitrogens with one attached hydrogen (secondary N) is 2. The SMILES string of the molecule is CC(=O)Nc1ccc(Cl)cc1NC(=O)/C=C/c1ccc(F)cc1. The number of anilines is 2. The molecule has 0 bridgehead atoms. The number of rotatable bonds is 4. The highest BCUT2D eigenvalue weighted by Crippen LogP contribution is 2.25. The molecule has 2 aromatic carbocycles. The van der Waals surface area contributed by atoms with Gasteiger partial charge in [0.2, 0.25) is 11.8 Å². The molecule has 0 heterocycles. The Kier molecular flexibility index (Phi) is 5.49. The third-order valence-electron chi connectivity index (χ3n) is 2.85. The second-order valence-electron chi connectivity index (χ2n) is 4.75. The van der Waals surface area contributed by atoms with Gasteiger partial charge >= 0.3 is 0 Å². The maximum absolute atomic E-state index is 12.8. The number of carbonyl (C=O) groups excluding carboxylic acids is 2. The maximum atomic E-state index is 12.8. The molecule has 0 aliphatic heterocycles. The smallest absolute Gasteiger partial charge is 0.248 e. The molecule has 23 heavy (non-hydrogen) atoms. The van der Waals surface area contributed by atoms with E-state index in [9.17, 15) is 14.0 Å². The van der Waals surface area contributed by atoms with E-state index in [2.05, 4.69) is 10.6 Å². The predicted molar refractivity (Wildman–Crippen MR) is 89.8 cm³/mol. The third kappa shape index (κ3) is 5.23. The fourth-order valence-corrected chi connectivity index (χ4v) is 2.01. The summed E-state index contributed by atoms with van der Waals surface area (Å²) in [6.07, 6.45) is 2.86. The van der Waals surface area contributed by atoms with Gasteiger partial charge in [0, 0.05) is 18.0 Å². The predicted octanol–water partition coefficient (Wildman–Crippen LogP) is 4.09. The van der Waals surface area contributed by atoms with Gasteiger partial charge in [-0.1, -0.05) is 23.7 Å². The minimum Gasteiger partial charge on any atom is -0.325 e. The van der Waals surface area contributed by atoms with E-state index < -0.39 is 5.91 Å². The van der Waals surface area contributed by atoms with Gasteiger partial charge < -0.3 is 10.6 Å². The van der Waals surface area contributed by atoms with Gasteiger partial charge in [-0.25, -0.2) is 4.39 Å². The molecule has 0 aliphatic carbocycles. The summed E-state index contributed by atoms with van der Waals surface area (Å²) in [5, 5.41) is 5.68. The summed E-state index contributed by atoms with van der Waals surface area (Å²) in [5.74, 6) is -1.00. The van der Waals surface area contributed by atoms with Gasteiger partial charge in [0.25, 0.3) is 0 Å². The van der Waals surface area contributed by atoms with Crippen LogP contribution in [0.4, 0.5) is 15.8 Å². The Hall–Kier alpha value is -2.66. The molecule has 0 unspecified atom stereocenters. The van der Waals surface area contributed by atoms with Gasteiger partial charge in [-0.15, -0.1) is 0 Å². The topological polar surface area (TPSA) is 58.2 Å².